The molecule has 3 heteroatoms. The molecule has 2 nitrogen and oxygen atoms in total. The summed E-state index contributed by atoms with van der Waals surface area (Å²) in [5.41, 5.74) is 4.88. The third-order valence-electron chi connectivity index (χ3n) is 0.654. The highest BCUT2D eigenvalue weighted by molar-refractivity contribution is 8.03. The Bertz CT molecular complexity index is 146. The lowest BCUT2D eigenvalue weighted by molar-refractivity contribution is -0.113. The highest BCUT2D eigenvalue weighted by atomic mass is 32.2. The number of nitrogens with two attached hydrogens (primary N) is 1. The molecule has 0 unspecified atom stereocenters. The van der Waals surface area contributed by atoms with E-state index in [0.717, 1.165) is 0 Å². The zero-order chi connectivity index (χ0) is 8.20. The Labute approximate surface area is 65.9 Å². The van der Waals surface area contributed by atoms with Crippen molar-refractivity contribution in [3.8, 4) is 0 Å². The maximum atomic E-state index is 10.2. The second-order valence-electron chi connectivity index (χ2n) is 2.94. The van der Waals surface area contributed by atoms with Crippen LogP contribution in [0.15, 0.2) is 11.5 Å². The third kappa shape index (κ3) is 7.56. The van der Waals surface area contributed by atoms with E-state index in [1.807, 2.05) is 0 Å². The van der Waals surface area contributed by atoms with E-state index in [-0.39, 0.29) is 4.75 Å². The molecule has 0 heterocycles. The van der Waals surface area contributed by atoms with Crippen LogP contribution in [0.25, 0.3) is 0 Å². The molecule has 0 aliphatic rings. The summed E-state index contributed by atoms with van der Waals surface area (Å²) < 4.78 is 0.159. The number of carbonyl (C=O) groups excluding carboxylic acids is 1. The van der Waals surface area contributed by atoms with Crippen molar-refractivity contribution in [2.75, 3.05) is 0 Å². The minimum Gasteiger partial charge on any atom is -0.366 e. The largest absolute Gasteiger partial charge is 0.366 e. The van der Waals surface area contributed by atoms with E-state index >= 15 is 0 Å². The molecule has 58 valence electrons. The predicted octanol–water partition coefficient (Wildman–Crippen LogP) is 1.52. The molecule has 10 heavy (non-hydrogen) atoms. The summed E-state index contributed by atoms with van der Waals surface area (Å²) in [7, 11) is 0. The van der Waals surface area contributed by atoms with E-state index in [1.54, 1.807) is 17.2 Å². The summed E-state index contributed by atoms with van der Waals surface area (Å²) in [6, 6.07) is 0. The van der Waals surface area contributed by atoms with Crippen molar-refractivity contribution < 1.29 is 4.79 Å². The van der Waals surface area contributed by atoms with Crippen LogP contribution in [-0.4, -0.2) is 10.7 Å². The molecule has 0 atom stereocenters. The second-order valence-corrected chi connectivity index (χ2v) is 4.67. The minimum atomic E-state index is -0.392. The van der Waals surface area contributed by atoms with Gasteiger partial charge in [-0.25, -0.2) is 0 Å². The van der Waals surface area contributed by atoms with Crippen LogP contribution in [0.3, 0.4) is 0 Å². The molecule has 0 aromatic heterocycles. The molecule has 0 aromatic rings. The fourth-order valence-electron chi connectivity index (χ4n) is 0.305. The van der Waals surface area contributed by atoms with Crippen molar-refractivity contribution in [1.29, 1.82) is 0 Å². The molecule has 0 radical (unpaired) electrons. The molecular formula is C7H13NOS. The quantitative estimate of drug-likeness (QED) is 0.621. The molecule has 0 aromatic carbocycles. The predicted molar refractivity (Wildman–Crippen MR) is 45.7 cm³/mol. The van der Waals surface area contributed by atoms with Gasteiger partial charge in [-0.2, -0.15) is 0 Å². The number of primary amides is 1. The Hall–Kier alpha value is -0.440. The van der Waals surface area contributed by atoms with E-state index < -0.39 is 5.91 Å². The number of hydrogen-bond acceptors (Lipinski definition) is 2. The Morgan fingerprint density at radius 3 is 2.30 bits per heavy atom. The van der Waals surface area contributed by atoms with E-state index in [1.165, 1.54) is 6.08 Å². The first kappa shape index (κ1) is 9.56. The van der Waals surface area contributed by atoms with E-state index in [9.17, 15) is 4.79 Å². The topological polar surface area (TPSA) is 43.1 Å². The smallest absolute Gasteiger partial charge is 0.241 e. The molecule has 0 saturated heterocycles. The lowest BCUT2D eigenvalue weighted by Crippen LogP contribution is -2.07. The summed E-state index contributed by atoms with van der Waals surface area (Å²) in [6.07, 6.45) is 1.37. The summed E-state index contributed by atoms with van der Waals surface area (Å²) >= 11 is 1.58. The van der Waals surface area contributed by atoms with Gasteiger partial charge in [-0.3, -0.25) is 4.79 Å². The lowest BCUT2D eigenvalue weighted by Gasteiger charge is -2.13. The molecule has 2 N–H and O–H groups in total. The van der Waals surface area contributed by atoms with Gasteiger partial charge in [0.05, 0.1) is 0 Å². The van der Waals surface area contributed by atoms with Gasteiger partial charge in [-0.05, 0) is 5.41 Å². The first-order chi connectivity index (χ1) is 4.42. The van der Waals surface area contributed by atoms with Gasteiger partial charge in [-0.15, -0.1) is 11.8 Å². The Balaban J connectivity index is 3.64. The van der Waals surface area contributed by atoms with Gasteiger partial charge < -0.3 is 5.73 Å². The van der Waals surface area contributed by atoms with Crippen molar-refractivity contribution in [2.24, 2.45) is 5.73 Å². The standard InChI is InChI=1S/C7H13NOS/c1-7(2,3)10-5-4-6(8)9/h4-5H,1-3H3,(H2,8,9)/b5-4-. The van der Waals surface area contributed by atoms with Gasteiger partial charge in [0, 0.05) is 10.8 Å². The first-order valence-electron chi connectivity index (χ1n) is 3.05. The number of thioether (sulfide) groups is 1. The van der Waals surface area contributed by atoms with Crippen LogP contribution >= 0.6 is 11.8 Å². The maximum Gasteiger partial charge on any atom is 0.241 e. The molecule has 0 saturated carbocycles. The van der Waals surface area contributed by atoms with Crippen LogP contribution in [0.1, 0.15) is 20.8 Å². The van der Waals surface area contributed by atoms with Gasteiger partial charge in [0.25, 0.3) is 0 Å². The van der Waals surface area contributed by atoms with Gasteiger partial charge in [0.1, 0.15) is 0 Å². The first-order valence-corrected chi connectivity index (χ1v) is 3.93. The third-order valence-corrected chi connectivity index (χ3v) is 1.63. The molecule has 0 fully saturated rings. The number of hydrogen-bond donors (Lipinski definition) is 1. The van der Waals surface area contributed by atoms with Crippen molar-refractivity contribution in [2.45, 2.75) is 25.5 Å². The second kappa shape index (κ2) is 3.66. The lowest BCUT2D eigenvalue weighted by atomic mass is 10.3. The van der Waals surface area contributed by atoms with Gasteiger partial charge in [0.2, 0.25) is 5.91 Å². The van der Waals surface area contributed by atoms with Crippen LogP contribution in [-0.2, 0) is 4.79 Å². The van der Waals surface area contributed by atoms with E-state index in [0.29, 0.717) is 0 Å². The van der Waals surface area contributed by atoms with Crippen molar-refractivity contribution in [1.82, 2.24) is 0 Å². The van der Waals surface area contributed by atoms with Crippen molar-refractivity contribution in [3.63, 3.8) is 0 Å². The summed E-state index contributed by atoms with van der Waals surface area (Å²) in [5, 5.41) is 1.72. The fourth-order valence-corrected chi connectivity index (χ4v) is 0.916. The summed E-state index contributed by atoms with van der Waals surface area (Å²) in [6.45, 7) is 6.22. The molecule has 0 rings (SSSR count). The number of rotatable bonds is 2. The van der Waals surface area contributed by atoms with Crippen LogP contribution < -0.4 is 5.73 Å². The molecule has 0 bridgehead atoms. The summed E-state index contributed by atoms with van der Waals surface area (Å²) in [4.78, 5) is 10.2. The number of amides is 1. The van der Waals surface area contributed by atoms with Gasteiger partial charge in [0.15, 0.2) is 0 Å². The highest BCUT2D eigenvalue weighted by Gasteiger charge is 2.06. The summed E-state index contributed by atoms with van der Waals surface area (Å²) in [5.74, 6) is -0.392. The molecule has 0 aliphatic heterocycles. The number of carbonyl (C=O) groups is 1. The van der Waals surface area contributed by atoms with Crippen molar-refractivity contribution in [3.05, 3.63) is 11.5 Å². The van der Waals surface area contributed by atoms with Crippen LogP contribution in [0.5, 0.6) is 0 Å². The Morgan fingerprint density at radius 2 is 2.00 bits per heavy atom. The van der Waals surface area contributed by atoms with Crippen LogP contribution in [0.2, 0.25) is 0 Å². The monoisotopic (exact) mass is 159 g/mol. The van der Waals surface area contributed by atoms with Crippen LogP contribution in [0.4, 0.5) is 0 Å². The van der Waals surface area contributed by atoms with E-state index in [4.69, 9.17) is 5.73 Å². The van der Waals surface area contributed by atoms with Crippen LogP contribution in [0, 0.1) is 0 Å². The van der Waals surface area contributed by atoms with Gasteiger partial charge >= 0.3 is 0 Å². The normalized spacial score (nSPS) is 12.3. The Morgan fingerprint density at radius 1 is 1.50 bits per heavy atom. The molecular weight excluding hydrogens is 146 g/mol. The minimum absolute atomic E-state index is 0.159. The van der Waals surface area contributed by atoms with Gasteiger partial charge in [-0.1, -0.05) is 20.8 Å². The van der Waals surface area contributed by atoms with E-state index in [2.05, 4.69) is 20.8 Å². The molecule has 0 aliphatic carbocycles. The fraction of sp³-hybridized carbons (Fsp3) is 0.571. The van der Waals surface area contributed by atoms with Crippen molar-refractivity contribution >= 4 is 17.7 Å². The molecule has 0 spiro atoms. The zero-order valence-corrected chi connectivity index (χ0v) is 7.37. The average Bonchev–Trinajstić information content (AvgIpc) is 1.59. The molecule has 1 amide bonds. The Kier molecular flexibility index (Phi) is 3.50. The highest BCUT2D eigenvalue weighted by Crippen LogP contribution is 2.23. The zero-order valence-electron chi connectivity index (χ0n) is 6.55. The SMILES string of the molecule is CC(C)(C)S/C=C\C(N)=O. The maximum absolute atomic E-state index is 10.2. The average molecular weight is 159 g/mol.